The van der Waals surface area contributed by atoms with Gasteiger partial charge in [0.15, 0.2) is 0 Å². The summed E-state index contributed by atoms with van der Waals surface area (Å²) in [5.41, 5.74) is 2.57. The van der Waals surface area contributed by atoms with Crippen molar-refractivity contribution in [3.05, 3.63) is 71.9 Å². The number of esters is 1. The summed E-state index contributed by atoms with van der Waals surface area (Å²) in [6.45, 7) is 0. The van der Waals surface area contributed by atoms with Crippen LogP contribution in [0.15, 0.2) is 60.8 Å². The molecule has 136 valence electrons. The lowest BCUT2D eigenvalue weighted by Crippen LogP contribution is -2.08. The lowest BCUT2D eigenvalue weighted by Gasteiger charge is -2.09. The van der Waals surface area contributed by atoms with Gasteiger partial charge >= 0.3 is 5.97 Å². The van der Waals surface area contributed by atoms with Gasteiger partial charge in [-0.25, -0.2) is 4.79 Å². The molecule has 0 bridgehead atoms. The van der Waals surface area contributed by atoms with Crippen LogP contribution in [0.5, 0.6) is 5.75 Å². The van der Waals surface area contributed by atoms with Crippen molar-refractivity contribution in [1.29, 1.82) is 0 Å². The van der Waals surface area contributed by atoms with Gasteiger partial charge in [0.05, 0.1) is 25.5 Å². The number of amides is 1. The lowest BCUT2D eigenvalue weighted by molar-refractivity contribution is -0.111. The zero-order valence-corrected chi connectivity index (χ0v) is 14.9. The summed E-state index contributed by atoms with van der Waals surface area (Å²) >= 11 is 0. The monoisotopic (exact) mass is 362 g/mol. The molecule has 3 aromatic rings. The summed E-state index contributed by atoms with van der Waals surface area (Å²) in [5, 5.41) is 3.64. The minimum Gasteiger partial charge on any atom is -0.494 e. The average Bonchev–Trinajstić information content (AvgIpc) is 2.72. The highest BCUT2D eigenvalue weighted by molar-refractivity contribution is 6.07. The number of ether oxygens (including phenoxy) is 2. The van der Waals surface area contributed by atoms with E-state index in [1.54, 1.807) is 61.8 Å². The zero-order chi connectivity index (χ0) is 19.2. The predicted molar refractivity (Wildman–Crippen MR) is 104 cm³/mol. The van der Waals surface area contributed by atoms with Gasteiger partial charge in [-0.15, -0.1) is 0 Å². The highest BCUT2D eigenvalue weighted by Gasteiger charge is 2.09. The number of aromatic nitrogens is 1. The molecule has 3 rings (SSSR count). The first-order valence-electron chi connectivity index (χ1n) is 8.21. The molecule has 6 nitrogen and oxygen atoms in total. The van der Waals surface area contributed by atoms with E-state index >= 15 is 0 Å². The number of fused-ring (bicyclic) bond motifs is 1. The van der Waals surface area contributed by atoms with E-state index in [0.717, 1.165) is 10.9 Å². The van der Waals surface area contributed by atoms with E-state index in [1.807, 2.05) is 6.07 Å². The summed E-state index contributed by atoms with van der Waals surface area (Å²) < 4.78 is 9.96. The third-order valence-electron chi connectivity index (χ3n) is 3.97. The molecule has 0 aliphatic heterocycles. The third-order valence-corrected chi connectivity index (χ3v) is 3.97. The highest BCUT2D eigenvalue weighted by Crippen LogP contribution is 2.29. The number of rotatable bonds is 5. The van der Waals surface area contributed by atoms with Gasteiger partial charge in [0, 0.05) is 17.7 Å². The maximum atomic E-state index is 12.3. The van der Waals surface area contributed by atoms with E-state index < -0.39 is 5.97 Å². The molecular weight excluding hydrogens is 344 g/mol. The molecule has 0 saturated heterocycles. The maximum Gasteiger partial charge on any atom is 0.337 e. The van der Waals surface area contributed by atoms with Gasteiger partial charge in [0.25, 0.3) is 0 Å². The van der Waals surface area contributed by atoms with Crippen LogP contribution in [0.1, 0.15) is 15.9 Å². The SMILES string of the molecule is COC(=O)c1ccc(/C=C/C(=O)Nc2ccc(OC)c3ncccc23)cc1. The molecule has 0 fully saturated rings. The van der Waals surface area contributed by atoms with E-state index in [0.29, 0.717) is 22.5 Å². The second kappa shape index (κ2) is 8.14. The van der Waals surface area contributed by atoms with E-state index in [4.69, 9.17) is 4.74 Å². The Morgan fingerprint density at radius 3 is 2.52 bits per heavy atom. The summed E-state index contributed by atoms with van der Waals surface area (Å²) in [6, 6.07) is 14.0. The van der Waals surface area contributed by atoms with Crippen molar-refractivity contribution in [2.45, 2.75) is 0 Å². The molecule has 0 atom stereocenters. The molecule has 6 heteroatoms. The largest absolute Gasteiger partial charge is 0.494 e. The average molecular weight is 362 g/mol. The van der Waals surface area contributed by atoms with E-state index in [2.05, 4.69) is 15.0 Å². The molecule has 1 heterocycles. The Bertz CT molecular complexity index is 1010. The van der Waals surface area contributed by atoms with Crippen LogP contribution in [0.3, 0.4) is 0 Å². The third kappa shape index (κ3) is 4.12. The van der Waals surface area contributed by atoms with Crippen LogP contribution in [0.25, 0.3) is 17.0 Å². The second-order valence-corrected chi connectivity index (χ2v) is 5.65. The molecule has 27 heavy (non-hydrogen) atoms. The molecule has 0 aliphatic rings. The number of hydrogen-bond donors (Lipinski definition) is 1. The Hall–Kier alpha value is -3.67. The summed E-state index contributed by atoms with van der Waals surface area (Å²) in [4.78, 5) is 28.0. The molecular formula is C21H18N2O4. The minimum absolute atomic E-state index is 0.276. The molecule has 2 aromatic carbocycles. The summed E-state index contributed by atoms with van der Waals surface area (Å²) in [6.07, 6.45) is 4.77. The smallest absolute Gasteiger partial charge is 0.337 e. The number of nitrogens with one attached hydrogen (secondary N) is 1. The van der Waals surface area contributed by atoms with Gasteiger partial charge in [-0.1, -0.05) is 12.1 Å². The molecule has 1 N–H and O–H groups in total. The Labute approximate surface area is 156 Å². The van der Waals surface area contributed by atoms with Crippen LogP contribution < -0.4 is 10.1 Å². The molecule has 0 saturated carbocycles. The van der Waals surface area contributed by atoms with Crippen LogP contribution in [0, 0.1) is 0 Å². The standard InChI is InChI=1S/C21H18N2O4/c1-26-18-11-10-17(16-4-3-13-22-20(16)18)23-19(24)12-7-14-5-8-15(9-6-14)21(25)27-2/h3-13H,1-2H3,(H,23,24)/b12-7+. The van der Waals surface area contributed by atoms with Gasteiger partial charge in [-0.05, 0) is 48.0 Å². The van der Waals surface area contributed by atoms with Crippen LogP contribution in [-0.4, -0.2) is 31.1 Å². The number of nitrogens with zero attached hydrogens (tertiary/aromatic N) is 1. The van der Waals surface area contributed by atoms with Crippen molar-refractivity contribution in [3.63, 3.8) is 0 Å². The lowest BCUT2D eigenvalue weighted by atomic mass is 10.1. The first-order valence-corrected chi connectivity index (χ1v) is 8.21. The van der Waals surface area contributed by atoms with Gasteiger partial charge in [0.1, 0.15) is 11.3 Å². The van der Waals surface area contributed by atoms with Crippen molar-refractivity contribution >= 4 is 34.5 Å². The molecule has 1 amide bonds. The normalized spacial score (nSPS) is 10.7. The number of pyridine rings is 1. The molecule has 1 aromatic heterocycles. The number of methoxy groups -OCH3 is 2. The first-order chi connectivity index (χ1) is 13.1. The van der Waals surface area contributed by atoms with E-state index in [1.165, 1.54) is 13.2 Å². The molecule has 0 spiro atoms. The quantitative estimate of drug-likeness (QED) is 0.553. The fourth-order valence-electron chi connectivity index (χ4n) is 2.61. The van der Waals surface area contributed by atoms with Crippen molar-refractivity contribution < 1.29 is 19.1 Å². The van der Waals surface area contributed by atoms with E-state index in [-0.39, 0.29) is 5.91 Å². The fraction of sp³-hybridized carbons (Fsp3) is 0.0952. The summed E-state index contributed by atoms with van der Waals surface area (Å²) in [5.74, 6) is -0.0320. The Morgan fingerprint density at radius 1 is 1.04 bits per heavy atom. The van der Waals surface area contributed by atoms with Crippen LogP contribution in [-0.2, 0) is 9.53 Å². The first kappa shape index (κ1) is 18.1. The zero-order valence-electron chi connectivity index (χ0n) is 14.9. The topological polar surface area (TPSA) is 77.5 Å². The van der Waals surface area contributed by atoms with Gasteiger partial charge in [0.2, 0.25) is 5.91 Å². The minimum atomic E-state index is -0.400. The summed E-state index contributed by atoms with van der Waals surface area (Å²) in [7, 11) is 2.91. The van der Waals surface area contributed by atoms with Gasteiger partial charge in [-0.3, -0.25) is 9.78 Å². The van der Waals surface area contributed by atoms with Gasteiger partial charge in [-0.2, -0.15) is 0 Å². The fourth-order valence-corrected chi connectivity index (χ4v) is 2.61. The molecule has 0 radical (unpaired) electrons. The predicted octanol–water partition coefficient (Wildman–Crippen LogP) is 3.68. The Balaban J connectivity index is 1.75. The number of hydrogen-bond acceptors (Lipinski definition) is 5. The van der Waals surface area contributed by atoms with Crippen LogP contribution in [0.2, 0.25) is 0 Å². The number of benzene rings is 2. The Morgan fingerprint density at radius 2 is 1.81 bits per heavy atom. The van der Waals surface area contributed by atoms with Gasteiger partial charge < -0.3 is 14.8 Å². The molecule has 0 unspecified atom stereocenters. The van der Waals surface area contributed by atoms with Crippen LogP contribution >= 0.6 is 0 Å². The maximum absolute atomic E-state index is 12.3. The van der Waals surface area contributed by atoms with Crippen LogP contribution in [0.4, 0.5) is 5.69 Å². The number of carbonyl (C=O) groups is 2. The Kier molecular flexibility index (Phi) is 5.47. The number of carbonyl (C=O) groups excluding carboxylic acids is 2. The van der Waals surface area contributed by atoms with E-state index in [9.17, 15) is 9.59 Å². The van der Waals surface area contributed by atoms with Crippen molar-refractivity contribution in [2.75, 3.05) is 19.5 Å². The van der Waals surface area contributed by atoms with Crippen molar-refractivity contribution in [1.82, 2.24) is 4.98 Å². The van der Waals surface area contributed by atoms with Crippen molar-refractivity contribution in [2.24, 2.45) is 0 Å². The second-order valence-electron chi connectivity index (χ2n) is 5.65. The highest BCUT2D eigenvalue weighted by atomic mass is 16.5. The number of anilines is 1. The molecule has 0 aliphatic carbocycles. The van der Waals surface area contributed by atoms with Crippen molar-refractivity contribution in [3.8, 4) is 5.75 Å².